The molecule has 0 aromatic carbocycles. The number of aliphatic hydroxyl groups excluding tert-OH is 1. The molecule has 76 valence electrons. The first-order chi connectivity index (χ1) is 6.09. The summed E-state index contributed by atoms with van der Waals surface area (Å²) in [5, 5.41) is 17.9. The molecular weight excluding hydrogens is 170 g/mol. The van der Waals surface area contributed by atoms with Gasteiger partial charge in [0, 0.05) is 0 Å². The van der Waals surface area contributed by atoms with E-state index in [2.05, 4.69) is 0 Å². The minimum Gasteiger partial charge on any atom is -0.480 e. The number of aliphatic hydroxyl groups is 1. The molecule has 0 aromatic rings. The summed E-state index contributed by atoms with van der Waals surface area (Å²) in [6, 6.07) is 0. The van der Waals surface area contributed by atoms with Crippen molar-refractivity contribution in [1.29, 1.82) is 0 Å². The number of carboxylic acid groups (broad SMARTS) is 1. The van der Waals surface area contributed by atoms with E-state index in [9.17, 15) is 9.90 Å². The van der Waals surface area contributed by atoms with Crippen molar-refractivity contribution in [2.45, 2.75) is 25.9 Å². The van der Waals surface area contributed by atoms with Crippen LogP contribution in [-0.2, 0) is 4.79 Å². The first kappa shape index (κ1) is 10.5. The van der Waals surface area contributed by atoms with E-state index in [1.807, 2.05) is 4.90 Å². The molecule has 0 aromatic heterocycles. The summed E-state index contributed by atoms with van der Waals surface area (Å²) in [6.07, 6.45) is 1.56. The molecule has 13 heavy (non-hydrogen) atoms. The Labute approximate surface area is 78.2 Å². The van der Waals surface area contributed by atoms with Gasteiger partial charge in [0.05, 0.1) is 12.6 Å². The summed E-state index contributed by atoms with van der Waals surface area (Å²) in [5.74, 6) is -0.416. The highest BCUT2D eigenvalue weighted by Gasteiger charge is 2.23. The minimum atomic E-state index is -0.768. The third-order valence-electron chi connectivity index (χ3n) is 2.67. The smallest absolute Gasteiger partial charge is 0.317 e. The fraction of sp³-hybridized carbons (Fsp3) is 0.889. The second-order valence-electron chi connectivity index (χ2n) is 3.75. The van der Waals surface area contributed by atoms with Crippen LogP contribution in [0.5, 0.6) is 0 Å². The summed E-state index contributed by atoms with van der Waals surface area (Å²) in [6.45, 7) is 3.52. The van der Waals surface area contributed by atoms with Crippen LogP contribution in [0.25, 0.3) is 0 Å². The summed E-state index contributed by atoms with van der Waals surface area (Å²) >= 11 is 0. The lowest BCUT2D eigenvalue weighted by atomic mass is 9.92. The number of nitrogens with zero attached hydrogens (tertiary/aromatic N) is 1. The van der Waals surface area contributed by atoms with Crippen molar-refractivity contribution in [3.05, 3.63) is 0 Å². The fourth-order valence-corrected chi connectivity index (χ4v) is 1.78. The average Bonchev–Trinajstić information content (AvgIpc) is 2.04. The molecule has 0 spiro atoms. The molecule has 4 nitrogen and oxygen atoms in total. The fourth-order valence-electron chi connectivity index (χ4n) is 1.78. The lowest BCUT2D eigenvalue weighted by Gasteiger charge is -2.32. The molecule has 1 atom stereocenters. The molecule has 2 N–H and O–H groups in total. The zero-order valence-electron chi connectivity index (χ0n) is 7.94. The quantitative estimate of drug-likeness (QED) is 0.661. The molecule has 0 amide bonds. The van der Waals surface area contributed by atoms with Gasteiger partial charge in [-0.1, -0.05) is 0 Å². The van der Waals surface area contributed by atoms with Gasteiger partial charge in [-0.2, -0.15) is 0 Å². The third-order valence-corrected chi connectivity index (χ3v) is 2.67. The summed E-state index contributed by atoms with van der Waals surface area (Å²) in [5.41, 5.74) is 0. The summed E-state index contributed by atoms with van der Waals surface area (Å²) < 4.78 is 0. The topological polar surface area (TPSA) is 60.8 Å². The zero-order chi connectivity index (χ0) is 9.84. The monoisotopic (exact) mass is 187 g/mol. The average molecular weight is 187 g/mol. The molecular formula is C9H17NO3. The van der Waals surface area contributed by atoms with Crippen molar-refractivity contribution in [2.75, 3.05) is 19.6 Å². The van der Waals surface area contributed by atoms with Crippen molar-refractivity contribution >= 4 is 5.97 Å². The number of rotatable bonds is 3. The van der Waals surface area contributed by atoms with Crippen LogP contribution in [0.2, 0.25) is 0 Å². The molecule has 1 saturated heterocycles. The molecule has 0 aliphatic carbocycles. The molecule has 1 rings (SSSR count). The van der Waals surface area contributed by atoms with Gasteiger partial charge in [-0.25, -0.2) is 0 Å². The van der Waals surface area contributed by atoms with Crippen LogP contribution in [0, 0.1) is 5.92 Å². The summed E-state index contributed by atoms with van der Waals surface area (Å²) in [7, 11) is 0. The maximum atomic E-state index is 10.4. The van der Waals surface area contributed by atoms with Crippen molar-refractivity contribution in [1.82, 2.24) is 4.90 Å². The van der Waals surface area contributed by atoms with E-state index in [4.69, 9.17) is 5.11 Å². The van der Waals surface area contributed by atoms with Crippen LogP contribution in [0.15, 0.2) is 0 Å². The number of piperidine rings is 1. The van der Waals surface area contributed by atoms with Gasteiger partial charge in [-0.15, -0.1) is 0 Å². The lowest BCUT2D eigenvalue weighted by molar-refractivity contribution is -0.138. The largest absolute Gasteiger partial charge is 0.480 e. The molecule has 1 fully saturated rings. The molecule has 1 heterocycles. The lowest BCUT2D eigenvalue weighted by Crippen LogP contribution is -2.39. The standard InChI is InChI=1S/C9H17NO3/c1-7(11)8-2-4-10(5-3-8)6-9(12)13/h7-8,11H,2-6H2,1H3,(H,12,13)/t7-/m1/s1. The number of likely N-dealkylation sites (tertiary alicyclic amines) is 1. The molecule has 1 aliphatic rings. The van der Waals surface area contributed by atoms with Gasteiger partial charge in [-0.05, 0) is 38.8 Å². The van der Waals surface area contributed by atoms with Crippen LogP contribution in [0.4, 0.5) is 0 Å². The van der Waals surface area contributed by atoms with Crippen LogP contribution in [0.3, 0.4) is 0 Å². The highest BCUT2D eigenvalue weighted by Crippen LogP contribution is 2.19. The van der Waals surface area contributed by atoms with Gasteiger partial charge in [0.1, 0.15) is 0 Å². The number of carbonyl (C=O) groups is 1. The van der Waals surface area contributed by atoms with Gasteiger partial charge >= 0.3 is 5.97 Å². The van der Waals surface area contributed by atoms with Gasteiger partial charge < -0.3 is 10.2 Å². The molecule has 0 bridgehead atoms. The minimum absolute atomic E-state index is 0.131. The van der Waals surface area contributed by atoms with E-state index in [1.54, 1.807) is 6.92 Å². The van der Waals surface area contributed by atoms with Crippen LogP contribution in [0.1, 0.15) is 19.8 Å². The first-order valence-corrected chi connectivity index (χ1v) is 4.72. The van der Waals surface area contributed by atoms with Crippen molar-refractivity contribution in [3.8, 4) is 0 Å². The Morgan fingerprint density at radius 2 is 2.08 bits per heavy atom. The Morgan fingerprint density at radius 1 is 1.54 bits per heavy atom. The number of hydrogen-bond acceptors (Lipinski definition) is 3. The molecule has 0 radical (unpaired) electrons. The Balaban J connectivity index is 2.26. The molecule has 1 aliphatic heterocycles. The van der Waals surface area contributed by atoms with Gasteiger partial charge in [0.15, 0.2) is 0 Å². The van der Waals surface area contributed by atoms with Crippen LogP contribution >= 0.6 is 0 Å². The van der Waals surface area contributed by atoms with E-state index in [-0.39, 0.29) is 12.6 Å². The number of aliphatic carboxylic acids is 1. The highest BCUT2D eigenvalue weighted by atomic mass is 16.4. The molecule has 0 saturated carbocycles. The predicted molar refractivity (Wildman–Crippen MR) is 48.5 cm³/mol. The van der Waals surface area contributed by atoms with Gasteiger partial charge in [0.25, 0.3) is 0 Å². The SMILES string of the molecule is C[C@@H](O)C1CCN(CC(=O)O)CC1. The van der Waals surface area contributed by atoms with Crippen LogP contribution < -0.4 is 0 Å². The van der Waals surface area contributed by atoms with E-state index in [0.29, 0.717) is 5.92 Å². The van der Waals surface area contributed by atoms with Crippen LogP contribution in [-0.4, -0.2) is 46.8 Å². The van der Waals surface area contributed by atoms with E-state index in [1.165, 1.54) is 0 Å². The van der Waals surface area contributed by atoms with E-state index >= 15 is 0 Å². The van der Waals surface area contributed by atoms with Gasteiger partial charge in [-0.3, -0.25) is 9.69 Å². The second-order valence-corrected chi connectivity index (χ2v) is 3.75. The third kappa shape index (κ3) is 3.32. The Morgan fingerprint density at radius 3 is 2.46 bits per heavy atom. The van der Waals surface area contributed by atoms with Crippen molar-refractivity contribution in [2.24, 2.45) is 5.92 Å². The number of hydrogen-bond donors (Lipinski definition) is 2. The molecule has 4 heteroatoms. The summed E-state index contributed by atoms with van der Waals surface area (Å²) in [4.78, 5) is 12.3. The first-order valence-electron chi connectivity index (χ1n) is 4.72. The van der Waals surface area contributed by atoms with Crippen molar-refractivity contribution < 1.29 is 15.0 Å². The Kier molecular flexibility index (Phi) is 3.69. The van der Waals surface area contributed by atoms with E-state index in [0.717, 1.165) is 25.9 Å². The normalized spacial score (nSPS) is 22.9. The maximum absolute atomic E-state index is 10.4. The Hall–Kier alpha value is -0.610. The Bertz CT molecular complexity index is 174. The molecule has 0 unspecified atom stereocenters. The van der Waals surface area contributed by atoms with Crippen molar-refractivity contribution in [3.63, 3.8) is 0 Å². The second kappa shape index (κ2) is 4.58. The van der Waals surface area contributed by atoms with Gasteiger partial charge in [0.2, 0.25) is 0 Å². The zero-order valence-corrected chi connectivity index (χ0v) is 7.94. The maximum Gasteiger partial charge on any atom is 0.317 e. The van der Waals surface area contributed by atoms with E-state index < -0.39 is 5.97 Å². The predicted octanol–water partition coefficient (Wildman–Crippen LogP) is 0.164. The number of carboxylic acids is 1. The highest BCUT2D eigenvalue weighted by molar-refractivity contribution is 5.69.